The predicted molar refractivity (Wildman–Crippen MR) is 92.7 cm³/mol. The molecule has 1 aromatic carbocycles. The van der Waals surface area contributed by atoms with Gasteiger partial charge >= 0.3 is 0 Å². The molecule has 0 spiro atoms. The van der Waals surface area contributed by atoms with E-state index in [4.69, 9.17) is 10.8 Å². The summed E-state index contributed by atoms with van der Waals surface area (Å²) in [5, 5.41) is 11.7. The van der Waals surface area contributed by atoms with Crippen molar-refractivity contribution in [1.29, 1.82) is 0 Å². The van der Waals surface area contributed by atoms with Gasteiger partial charge in [-0.2, -0.15) is 4.31 Å². The van der Waals surface area contributed by atoms with Gasteiger partial charge in [0.1, 0.15) is 0 Å². The van der Waals surface area contributed by atoms with E-state index >= 15 is 0 Å². The van der Waals surface area contributed by atoms with Crippen molar-refractivity contribution in [3.63, 3.8) is 0 Å². The molecule has 1 unspecified atom stereocenters. The van der Waals surface area contributed by atoms with Crippen molar-refractivity contribution in [2.24, 2.45) is 5.73 Å². The SMILES string of the molecule is CCCC(C)(N)C(=O)NCc1ccccc1S(=O)(=O)N(C)CCO. The monoisotopic (exact) mass is 357 g/mol. The zero-order chi connectivity index (χ0) is 18.4. The first-order valence-corrected chi connectivity index (χ1v) is 9.33. The third kappa shape index (κ3) is 5.01. The molecule has 0 aliphatic rings. The highest BCUT2D eigenvalue weighted by molar-refractivity contribution is 7.89. The van der Waals surface area contributed by atoms with E-state index in [1.165, 1.54) is 13.1 Å². The van der Waals surface area contributed by atoms with E-state index in [1.54, 1.807) is 25.1 Å². The van der Waals surface area contributed by atoms with Crippen molar-refractivity contribution in [1.82, 2.24) is 9.62 Å². The van der Waals surface area contributed by atoms with Gasteiger partial charge in [0, 0.05) is 20.1 Å². The number of hydrogen-bond acceptors (Lipinski definition) is 5. The predicted octanol–water partition coefficient (Wildman–Crippen LogP) is 0.433. The number of carbonyl (C=O) groups excluding carboxylic acids is 1. The number of nitrogens with one attached hydrogen (secondary N) is 1. The summed E-state index contributed by atoms with van der Waals surface area (Å²) in [6, 6.07) is 6.46. The smallest absolute Gasteiger partial charge is 0.243 e. The van der Waals surface area contributed by atoms with Crippen molar-refractivity contribution in [2.75, 3.05) is 20.2 Å². The molecule has 1 aromatic rings. The van der Waals surface area contributed by atoms with Crippen LogP contribution in [0.15, 0.2) is 29.2 Å². The largest absolute Gasteiger partial charge is 0.395 e. The molecule has 0 bridgehead atoms. The number of rotatable bonds is 9. The second-order valence-corrected chi connectivity index (χ2v) is 8.02. The number of benzene rings is 1. The number of aliphatic hydroxyl groups excluding tert-OH is 1. The molecule has 1 amide bonds. The normalized spacial score (nSPS) is 14.4. The minimum absolute atomic E-state index is 0.000395. The molecule has 0 aromatic heterocycles. The highest BCUT2D eigenvalue weighted by atomic mass is 32.2. The Morgan fingerprint density at radius 3 is 2.58 bits per heavy atom. The Labute approximate surface area is 143 Å². The van der Waals surface area contributed by atoms with Crippen LogP contribution >= 0.6 is 0 Å². The standard InChI is InChI=1S/C16H27N3O4S/c1-4-9-16(2,17)15(21)18-12-13-7-5-6-8-14(13)24(22,23)19(3)10-11-20/h5-8,20H,4,9-12,17H2,1-3H3,(H,18,21). The van der Waals surface area contributed by atoms with E-state index in [0.29, 0.717) is 12.0 Å². The lowest BCUT2D eigenvalue weighted by Crippen LogP contribution is -2.51. The lowest BCUT2D eigenvalue weighted by molar-refractivity contribution is -0.126. The summed E-state index contributed by atoms with van der Waals surface area (Å²) in [6.45, 7) is 3.40. The first-order chi connectivity index (χ1) is 11.2. The Balaban J connectivity index is 2.98. The van der Waals surface area contributed by atoms with Gasteiger partial charge < -0.3 is 16.2 Å². The number of hydrogen-bond donors (Lipinski definition) is 3. The van der Waals surface area contributed by atoms with Gasteiger partial charge in [-0.3, -0.25) is 4.79 Å². The van der Waals surface area contributed by atoms with Gasteiger partial charge in [-0.25, -0.2) is 8.42 Å². The molecule has 1 rings (SSSR count). The number of aliphatic hydroxyl groups is 1. The van der Waals surface area contributed by atoms with Gasteiger partial charge in [-0.1, -0.05) is 31.5 Å². The van der Waals surface area contributed by atoms with E-state index in [0.717, 1.165) is 10.7 Å². The van der Waals surface area contributed by atoms with Gasteiger partial charge in [0.05, 0.1) is 17.0 Å². The van der Waals surface area contributed by atoms with Crippen LogP contribution in [0.1, 0.15) is 32.3 Å². The fourth-order valence-corrected chi connectivity index (χ4v) is 3.72. The maximum atomic E-state index is 12.6. The molecule has 0 heterocycles. The fraction of sp³-hybridized carbons (Fsp3) is 0.562. The van der Waals surface area contributed by atoms with Gasteiger partial charge in [0.2, 0.25) is 15.9 Å². The fourth-order valence-electron chi connectivity index (χ4n) is 2.34. The minimum atomic E-state index is -3.73. The molecule has 1 atom stereocenters. The molecule has 24 heavy (non-hydrogen) atoms. The molecule has 7 nitrogen and oxygen atoms in total. The summed E-state index contributed by atoms with van der Waals surface area (Å²) in [4.78, 5) is 12.3. The number of sulfonamides is 1. The summed E-state index contributed by atoms with van der Waals surface area (Å²) >= 11 is 0. The van der Waals surface area contributed by atoms with Gasteiger partial charge in [0.15, 0.2) is 0 Å². The highest BCUT2D eigenvalue weighted by Gasteiger charge is 2.28. The Morgan fingerprint density at radius 2 is 2.00 bits per heavy atom. The van der Waals surface area contributed by atoms with E-state index in [1.807, 2.05) is 6.92 Å². The topological polar surface area (TPSA) is 113 Å². The third-order valence-corrected chi connectivity index (χ3v) is 5.76. The van der Waals surface area contributed by atoms with Crippen LogP contribution in [0.4, 0.5) is 0 Å². The number of amides is 1. The quantitative estimate of drug-likeness (QED) is 0.593. The average molecular weight is 357 g/mol. The van der Waals surface area contributed by atoms with Crippen LogP contribution in [0.2, 0.25) is 0 Å². The molecule has 0 aliphatic heterocycles. The molecular formula is C16H27N3O4S. The second-order valence-electron chi connectivity index (χ2n) is 6.01. The first kappa shape index (κ1) is 20.6. The average Bonchev–Trinajstić information content (AvgIpc) is 2.52. The molecule has 0 fully saturated rings. The van der Waals surface area contributed by atoms with E-state index in [2.05, 4.69) is 5.32 Å². The number of carbonyl (C=O) groups is 1. The van der Waals surface area contributed by atoms with E-state index < -0.39 is 15.6 Å². The van der Waals surface area contributed by atoms with Crippen LogP contribution in [0.3, 0.4) is 0 Å². The number of likely N-dealkylation sites (N-methyl/N-ethyl adjacent to an activating group) is 1. The van der Waals surface area contributed by atoms with Crippen molar-refractivity contribution >= 4 is 15.9 Å². The Hall–Kier alpha value is -1.48. The summed E-state index contributed by atoms with van der Waals surface area (Å²) in [5.41, 5.74) is 5.47. The second kappa shape index (κ2) is 8.57. The van der Waals surface area contributed by atoms with Crippen LogP contribution < -0.4 is 11.1 Å². The van der Waals surface area contributed by atoms with Crippen molar-refractivity contribution in [2.45, 2.75) is 43.7 Å². The van der Waals surface area contributed by atoms with Crippen molar-refractivity contribution in [3.8, 4) is 0 Å². The van der Waals surface area contributed by atoms with Crippen LogP contribution in [-0.4, -0.2) is 49.5 Å². The van der Waals surface area contributed by atoms with Gasteiger partial charge in [-0.05, 0) is 25.0 Å². The van der Waals surface area contributed by atoms with E-state index in [9.17, 15) is 13.2 Å². The Kier molecular flexibility index (Phi) is 7.34. The number of nitrogens with two attached hydrogens (primary N) is 1. The summed E-state index contributed by atoms with van der Waals surface area (Å²) in [7, 11) is -2.33. The molecular weight excluding hydrogens is 330 g/mol. The first-order valence-electron chi connectivity index (χ1n) is 7.89. The van der Waals surface area contributed by atoms with Crippen molar-refractivity contribution in [3.05, 3.63) is 29.8 Å². The maximum absolute atomic E-state index is 12.6. The molecule has 0 saturated carbocycles. The Morgan fingerprint density at radius 1 is 1.38 bits per heavy atom. The molecule has 8 heteroatoms. The van der Waals surface area contributed by atoms with Crippen molar-refractivity contribution < 1.29 is 18.3 Å². The molecule has 4 N–H and O–H groups in total. The van der Waals surface area contributed by atoms with Gasteiger partial charge in [-0.15, -0.1) is 0 Å². The molecule has 0 aliphatic carbocycles. The summed E-state index contributed by atoms with van der Waals surface area (Å²) in [5.74, 6) is -0.319. The zero-order valence-electron chi connectivity index (χ0n) is 14.4. The van der Waals surface area contributed by atoms with Crippen LogP contribution in [0.5, 0.6) is 0 Å². The highest BCUT2D eigenvalue weighted by Crippen LogP contribution is 2.19. The van der Waals surface area contributed by atoms with Crippen LogP contribution in [0.25, 0.3) is 0 Å². The number of nitrogens with zero attached hydrogens (tertiary/aromatic N) is 1. The molecule has 0 saturated heterocycles. The van der Waals surface area contributed by atoms with Crippen LogP contribution in [0, 0.1) is 0 Å². The summed E-state index contributed by atoms with van der Waals surface area (Å²) < 4.78 is 26.2. The lowest BCUT2D eigenvalue weighted by atomic mass is 9.96. The zero-order valence-corrected chi connectivity index (χ0v) is 15.3. The third-order valence-electron chi connectivity index (χ3n) is 3.80. The van der Waals surface area contributed by atoms with E-state index in [-0.39, 0.29) is 30.5 Å². The molecule has 0 radical (unpaired) electrons. The maximum Gasteiger partial charge on any atom is 0.243 e. The van der Waals surface area contributed by atoms with Crippen LogP contribution in [-0.2, 0) is 21.4 Å². The lowest BCUT2D eigenvalue weighted by Gasteiger charge is -2.23. The summed E-state index contributed by atoms with van der Waals surface area (Å²) in [6.07, 6.45) is 1.31. The Bertz CT molecular complexity index is 659. The minimum Gasteiger partial charge on any atom is -0.395 e. The van der Waals surface area contributed by atoms with Gasteiger partial charge in [0.25, 0.3) is 0 Å². The molecule has 136 valence electrons.